The van der Waals surface area contributed by atoms with Gasteiger partial charge in [0.05, 0.1) is 6.61 Å². The lowest BCUT2D eigenvalue weighted by molar-refractivity contribution is -0.132. The van der Waals surface area contributed by atoms with Crippen LogP contribution in [0.15, 0.2) is 36.1 Å². The van der Waals surface area contributed by atoms with E-state index in [1.807, 2.05) is 31.1 Å². The van der Waals surface area contributed by atoms with Gasteiger partial charge in [-0.3, -0.25) is 4.79 Å². The van der Waals surface area contributed by atoms with Gasteiger partial charge in [-0.2, -0.15) is 0 Å². The number of nitrogens with zero attached hydrogens (tertiary/aromatic N) is 2. The molecule has 120 valence electrons. The van der Waals surface area contributed by atoms with Gasteiger partial charge >= 0.3 is 0 Å². The van der Waals surface area contributed by atoms with Gasteiger partial charge in [0.1, 0.15) is 5.75 Å². The summed E-state index contributed by atoms with van der Waals surface area (Å²) in [4.78, 5) is 16.5. The molecule has 0 aromatic heterocycles. The lowest BCUT2D eigenvalue weighted by Crippen LogP contribution is -2.38. The summed E-state index contributed by atoms with van der Waals surface area (Å²) in [6.45, 7) is 2.45. The number of carbonyl (C=O) groups is 1. The molecule has 0 atom stereocenters. The standard InChI is InChI=1S/C17H24N2O3/c1-18(2)9-10-19(13-14-6-5-7-15(20)12-14)17(21)16-8-3-4-11-22-16/h5-8,12,20H,3-4,9-11,13H2,1-2H3. The van der Waals surface area contributed by atoms with Crippen LogP contribution in [0.3, 0.4) is 0 Å². The third-order valence-electron chi connectivity index (χ3n) is 3.53. The number of ether oxygens (including phenoxy) is 1. The van der Waals surface area contributed by atoms with Crippen molar-refractivity contribution in [3.05, 3.63) is 41.7 Å². The number of carbonyl (C=O) groups excluding carboxylic acids is 1. The van der Waals surface area contributed by atoms with E-state index in [0.717, 1.165) is 24.9 Å². The maximum absolute atomic E-state index is 12.7. The van der Waals surface area contributed by atoms with Gasteiger partial charge in [0.15, 0.2) is 5.76 Å². The van der Waals surface area contributed by atoms with E-state index in [-0.39, 0.29) is 11.7 Å². The number of amides is 1. The van der Waals surface area contributed by atoms with Crippen LogP contribution in [-0.2, 0) is 16.1 Å². The van der Waals surface area contributed by atoms with Gasteiger partial charge in [-0.05, 0) is 50.7 Å². The molecule has 0 aliphatic carbocycles. The second-order valence-electron chi connectivity index (χ2n) is 5.76. The molecular weight excluding hydrogens is 280 g/mol. The third-order valence-corrected chi connectivity index (χ3v) is 3.53. The Hall–Kier alpha value is -2.01. The van der Waals surface area contributed by atoms with Crippen molar-refractivity contribution in [1.82, 2.24) is 9.80 Å². The van der Waals surface area contributed by atoms with Gasteiger partial charge in [0.25, 0.3) is 5.91 Å². The number of benzene rings is 1. The van der Waals surface area contributed by atoms with Crippen LogP contribution < -0.4 is 0 Å². The first kappa shape index (κ1) is 16.4. The van der Waals surface area contributed by atoms with Crippen molar-refractivity contribution in [2.75, 3.05) is 33.8 Å². The summed E-state index contributed by atoms with van der Waals surface area (Å²) in [6, 6.07) is 7.01. The zero-order valence-corrected chi connectivity index (χ0v) is 13.3. The van der Waals surface area contributed by atoms with E-state index in [1.54, 1.807) is 23.1 Å². The predicted molar refractivity (Wildman–Crippen MR) is 85.3 cm³/mol. The summed E-state index contributed by atoms with van der Waals surface area (Å²) < 4.78 is 5.50. The smallest absolute Gasteiger partial charge is 0.288 e. The molecule has 1 aromatic rings. The van der Waals surface area contributed by atoms with E-state index >= 15 is 0 Å². The lowest BCUT2D eigenvalue weighted by Gasteiger charge is -2.26. The van der Waals surface area contributed by atoms with Crippen LogP contribution in [0.4, 0.5) is 0 Å². The first-order chi connectivity index (χ1) is 10.6. The normalized spacial score (nSPS) is 14.4. The molecule has 0 unspecified atom stereocenters. The van der Waals surface area contributed by atoms with Crippen LogP contribution >= 0.6 is 0 Å². The number of phenolic OH excluding ortho intramolecular Hbond substituents is 1. The zero-order valence-electron chi connectivity index (χ0n) is 13.3. The second-order valence-corrected chi connectivity index (χ2v) is 5.76. The summed E-state index contributed by atoms with van der Waals surface area (Å²) in [6.07, 6.45) is 3.71. The molecule has 0 spiro atoms. The van der Waals surface area contributed by atoms with Crippen LogP contribution in [0.1, 0.15) is 18.4 Å². The van der Waals surface area contributed by atoms with E-state index in [9.17, 15) is 9.90 Å². The number of hydrogen-bond acceptors (Lipinski definition) is 4. The number of hydrogen-bond donors (Lipinski definition) is 1. The highest BCUT2D eigenvalue weighted by atomic mass is 16.5. The molecule has 1 amide bonds. The van der Waals surface area contributed by atoms with Crippen molar-refractivity contribution in [2.45, 2.75) is 19.4 Å². The molecule has 22 heavy (non-hydrogen) atoms. The lowest BCUT2D eigenvalue weighted by atomic mass is 10.2. The summed E-state index contributed by atoms with van der Waals surface area (Å²) in [5, 5.41) is 9.58. The molecule has 2 rings (SSSR count). The van der Waals surface area contributed by atoms with Crippen LogP contribution in [0.2, 0.25) is 0 Å². The highest BCUT2D eigenvalue weighted by Gasteiger charge is 2.21. The minimum Gasteiger partial charge on any atom is -0.508 e. The molecule has 1 N–H and O–H groups in total. The summed E-state index contributed by atoms with van der Waals surface area (Å²) >= 11 is 0. The van der Waals surface area contributed by atoms with Crippen molar-refractivity contribution in [1.29, 1.82) is 0 Å². The van der Waals surface area contributed by atoms with Crippen LogP contribution in [0.5, 0.6) is 5.75 Å². The third kappa shape index (κ3) is 4.77. The Morgan fingerprint density at radius 3 is 2.77 bits per heavy atom. The Morgan fingerprint density at radius 2 is 2.14 bits per heavy atom. The molecule has 1 aliphatic heterocycles. The Bertz CT molecular complexity index is 540. The highest BCUT2D eigenvalue weighted by Crippen LogP contribution is 2.17. The average molecular weight is 304 g/mol. The highest BCUT2D eigenvalue weighted by molar-refractivity contribution is 5.91. The molecule has 1 heterocycles. The number of phenols is 1. The van der Waals surface area contributed by atoms with Gasteiger partial charge in [0.2, 0.25) is 0 Å². The van der Waals surface area contributed by atoms with E-state index in [2.05, 4.69) is 0 Å². The molecule has 5 heteroatoms. The molecule has 1 aliphatic rings. The fourth-order valence-corrected chi connectivity index (χ4v) is 2.31. The quantitative estimate of drug-likeness (QED) is 0.873. The number of likely N-dealkylation sites (N-methyl/N-ethyl adjacent to an activating group) is 1. The maximum atomic E-state index is 12.7. The summed E-state index contributed by atoms with van der Waals surface area (Å²) in [5.41, 5.74) is 0.906. The molecule has 0 saturated heterocycles. The molecule has 1 aromatic carbocycles. The number of allylic oxidation sites excluding steroid dienone is 1. The molecule has 0 bridgehead atoms. The molecular formula is C17H24N2O3. The predicted octanol–water partition coefficient (Wildman–Crippen LogP) is 1.98. The van der Waals surface area contributed by atoms with Gasteiger partial charge in [-0.1, -0.05) is 12.1 Å². The van der Waals surface area contributed by atoms with Crippen LogP contribution in [-0.4, -0.2) is 54.6 Å². The SMILES string of the molecule is CN(C)CCN(Cc1cccc(O)c1)C(=O)C1=CCCCO1. The minimum absolute atomic E-state index is 0.0788. The number of rotatable bonds is 6. The molecule has 0 radical (unpaired) electrons. The Balaban J connectivity index is 2.11. The first-order valence-corrected chi connectivity index (χ1v) is 7.61. The second kappa shape index (κ2) is 7.84. The van der Waals surface area contributed by atoms with E-state index in [0.29, 0.717) is 25.5 Å². The molecule has 0 fully saturated rings. The van der Waals surface area contributed by atoms with Crippen molar-refractivity contribution in [2.24, 2.45) is 0 Å². The van der Waals surface area contributed by atoms with Gasteiger partial charge in [-0.15, -0.1) is 0 Å². The molecule has 0 saturated carbocycles. The molecule has 5 nitrogen and oxygen atoms in total. The van der Waals surface area contributed by atoms with Gasteiger partial charge in [-0.25, -0.2) is 0 Å². The Morgan fingerprint density at radius 1 is 1.32 bits per heavy atom. The van der Waals surface area contributed by atoms with E-state index < -0.39 is 0 Å². The number of aromatic hydroxyl groups is 1. The van der Waals surface area contributed by atoms with Crippen LogP contribution in [0, 0.1) is 0 Å². The van der Waals surface area contributed by atoms with Crippen molar-refractivity contribution in [3.8, 4) is 5.75 Å². The average Bonchev–Trinajstić information content (AvgIpc) is 2.51. The Kier molecular flexibility index (Phi) is 5.83. The zero-order chi connectivity index (χ0) is 15.9. The van der Waals surface area contributed by atoms with Crippen LogP contribution in [0.25, 0.3) is 0 Å². The first-order valence-electron chi connectivity index (χ1n) is 7.61. The topological polar surface area (TPSA) is 53.0 Å². The summed E-state index contributed by atoms with van der Waals surface area (Å²) in [7, 11) is 3.96. The largest absolute Gasteiger partial charge is 0.508 e. The van der Waals surface area contributed by atoms with Crippen molar-refractivity contribution >= 4 is 5.91 Å². The Labute approximate surface area is 131 Å². The monoisotopic (exact) mass is 304 g/mol. The fraction of sp³-hybridized carbons (Fsp3) is 0.471. The maximum Gasteiger partial charge on any atom is 0.288 e. The minimum atomic E-state index is -0.0788. The fourth-order valence-electron chi connectivity index (χ4n) is 2.31. The van der Waals surface area contributed by atoms with Crippen molar-refractivity contribution in [3.63, 3.8) is 0 Å². The summed E-state index contributed by atoms with van der Waals surface area (Å²) in [5.74, 6) is 0.584. The van der Waals surface area contributed by atoms with Gasteiger partial charge in [0, 0.05) is 19.6 Å². The van der Waals surface area contributed by atoms with E-state index in [1.165, 1.54) is 0 Å². The van der Waals surface area contributed by atoms with E-state index in [4.69, 9.17) is 4.74 Å². The van der Waals surface area contributed by atoms with Gasteiger partial charge < -0.3 is 19.6 Å². The van der Waals surface area contributed by atoms with Crippen molar-refractivity contribution < 1.29 is 14.6 Å².